The lowest BCUT2D eigenvalue weighted by Crippen LogP contribution is -2.23. The quantitative estimate of drug-likeness (QED) is 0.269. The summed E-state index contributed by atoms with van der Waals surface area (Å²) in [6.45, 7) is 0.135. The highest BCUT2D eigenvalue weighted by Crippen LogP contribution is 2.20. The summed E-state index contributed by atoms with van der Waals surface area (Å²) in [7, 11) is 0. The van der Waals surface area contributed by atoms with Crippen LogP contribution >= 0.6 is 37.9 Å². The topological polar surface area (TPSA) is 80.9 Å². The molecule has 0 fully saturated rings. The Morgan fingerprint density at radius 2 is 0.900 bits per heavy atom. The van der Waals surface area contributed by atoms with Crippen molar-refractivity contribution in [2.24, 2.45) is 0 Å². The van der Waals surface area contributed by atoms with E-state index in [1.807, 2.05) is 0 Å². The molecule has 0 heterocycles. The van der Waals surface area contributed by atoms with E-state index in [1.54, 1.807) is 0 Å². The first-order chi connectivity index (χ1) is 9.38. The summed E-state index contributed by atoms with van der Waals surface area (Å²) < 4.78 is 0. The van der Waals surface area contributed by atoms with Crippen LogP contribution in [0.1, 0.15) is 38.5 Å². The molecular formula is C13H28O4S3. The van der Waals surface area contributed by atoms with Gasteiger partial charge in [0.2, 0.25) is 0 Å². The molecule has 4 N–H and O–H groups in total. The molecule has 0 saturated heterocycles. The molecule has 0 aromatic rings. The Kier molecular flexibility index (Phi) is 13.0. The minimum atomic E-state index is -0.525. The van der Waals surface area contributed by atoms with E-state index in [0.29, 0.717) is 38.5 Å². The minimum Gasteiger partial charge on any atom is -0.396 e. The Labute approximate surface area is 138 Å². The molecule has 0 radical (unpaired) electrons. The molecule has 20 heavy (non-hydrogen) atoms. The van der Waals surface area contributed by atoms with Crippen LogP contribution in [-0.4, -0.2) is 61.6 Å². The molecule has 4 unspecified atom stereocenters. The van der Waals surface area contributed by atoms with Gasteiger partial charge in [0.15, 0.2) is 0 Å². The first-order valence-corrected chi connectivity index (χ1v) is 8.56. The van der Waals surface area contributed by atoms with Gasteiger partial charge in [-0.25, -0.2) is 0 Å². The lowest BCUT2D eigenvalue weighted by molar-refractivity contribution is 0.124. The van der Waals surface area contributed by atoms with Crippen molar-refractivity contribution < 1.29 is 20.4 Å². The Hall–Kier alpha value is 0.890. The Morgan fingerprint density at radius 3 is 1.20 bits per heavy atom. The molecule has 122 valence electrons. The number of hydrogen-bond donors (Lipinski definition) is 7. The van der Waals surface area contributed by atoms with Gasteiger partial charge in [-0.2, -0.15) is 37.9 Å². The number of thiol groups is 3. The van der Waals surface area contributed by atoms with Gasteiger partial charge >= 0.3 is 0 Å². The van der Waals surface area contributed by atoms with E-state index in [-0.39, 0.29) is 29.0 Å². The SMILES string of the molecule is OCCC(S)CC(O)CC(S)CC(O)CC(S)CCO. The average Bonchev–Trinajstić information content (AvgIpc) is 2.27. The lowest BCUT2D eigenvalue weighted by atomic mass is 10.0. The highest BCUT2D eigenvalue weighted by Gasteiger charge is 2.19. The van der Waals surface area contributed by atoms with E-state index in [1.165, 1.54) is 0 Å². The standard InChI is InChI=1S/C13H28O4S3/c14-3-1-11(18)5-9(16)7-13(20)8-10(17)6-12(19)2-4-15/h9-20H,1-8H2. The summed E-state index contributed by atoms with van der Waals surface area (Å²) in [6, 6.07) is 0. The zero-order valence-electron chi connectivity index (χ0n) is 11.7. The van der Waals surface area contributed by atoms with Crippen LogP contribution in [0.15, 0.2) is 0 Å². The summed E-state index contributed by atoms with van der Waals surface area (Å²) in [6.07, 6.45) is 2.06. The predicted octanol–water partition coefficient (Wildman–Crippen LogP) is 0.929. The summed E-state index contributed by atoms with van der Waals surface area (Å²) >= 11 is 13.0. The van der Waals surface area contributed by atoms with Crippen LogP contribution in [0.25, 0.3) is 0 Å². The maximum Gasteiger partial charge on any atom is 0.0561 e. The van der Waals surface area contributed by atoms with E-state index in [2.05, 4.69) is 37.9 Å². The van der Waals surface area contributed by atoms with Crippen LogP contribution in [0.4, 0.5) is 0 Å². The van der Waals surface area contributed by atoms with E-state index in [9.17, 15) is 10.2 Å². The van der Waals surface area contributed by atoms with E-state index in [4.69, 9.17) is 10.2 Å². The van der Waals surface area contributed by atoms with Crippen molar-refractivity contribution in [3.63, 3.8) is 0 Å². The number of hydrogen-bond acceptors (Lipinski definition) is 7. The molecule has 0 aromatic heterocycles. The van der Waals surface area contributed by atoms with Crippen molar-refractivity contribution >= 4 is 37.9 Å². The fourth-order valence-corrected chi connectivity index (χ4v) is 3.28. The van der Waals surface area contributed by atoms with Gasteiger partial charge in [-0.3, -0.25) is 0 Å². The van der Waals surface area contributed by atoms with E-state index >= 15 is 0 Å². The fraction of sp³-hybridized carbons (Fsp3) is 1.00. The van der Waals surface area contributed by atoms with Gasteiger partial charge < -0.3 is 20.4 Å². The van der Waals surface area contributed by atoms with E-state index < -0.39 is 12.2 Å². The molecule has 0 aliphatic heterocycles. The number of aliphatic hydroxyl groups is 4. The maximum atomic E-state index is 9.89. The van der Waals surface area contributed by atoms with Crippen LogP contribution in [0, 0.1) is 0 Å². The number of rotatable bonds is 12. The van der Waals surface area contributed by atoms with Crippen LogP contribution in [0.2, 0.25) is 0 Å². The second kappa shape index (κ2) is 12.4. The summed E-state index contributed by atoms with van der Waals surface area (Å²) in [4.78, 5) is 0. The molecule has 0 saturated carbocycles. The zero-order chi connectivity index (χ0) is 15.5. The molecule has 0 aromatic carbocycles. The maximum absolute atomic E-state index is 9.89. The third-order valence-corrected chi connectivity index (χ3v) is 4.46. The Balaban J connectivity index is 3.87. The summed E-state index contributed by atoms with van der Waals surface area (Å²) in [5, 5.41) is 37.2. The van der Waals surface area contributed by atoms with Crippen LogP contribution in [0.3, 0.4) is 0 Å². The molecule has 4 nitrogen and oxygen atoms in total. The third-order valence-electron chi connectivity index (χ3n) is 3.10. The smallest absolute Gasteiger partial charge is 0.0561 e. The molecule has 7 heteroatoms. The fourth-order valence-electron chi connectivity index (χ4n) is 2.08. The van der Waals surface area contributed by atoms with Crippen molar-refractivity contribution in [3.8, 4) is 0 Å². The van der Waals surface area contributed by atoms with Crippen LogP contribution < -0.4 is 0 Å². The van der Waals surface area contributed by atoms with Crippen LogP contribution in [-0.2, 0) is 0 Å². The first-order valence-electron chi connectivity index (χ1n) is 7.01. The molecule has 0 spiro atoms. The minimum absolute atomic E-state index is 0.0215. The normalized spacial score (nSPS) is 19.4. The molecule has 0 amide bonds. The van der Waals surface area contributed by atoms with Crippen molar-refractivity contribution in [1.82, 2.24) is 0 Å². The molecule has 0 aliphatic rings. The van der Waals surface area contributed by atoms with E-state index in [0.717, 1.165) is 0 Å². The van der Waals surface area contributed by atoms with Gasteiger partial charge in [-0.05, 0) is 38.5 Å². The monoisotopic (exact) mass is 344 g/mol. The predicted molar refractivity (Wildman–Crippen MR) is 92.2 cm³/mol. The van der Waals surface area contributed by atoms with Gasteiger partial charge in [0.05, 0.1) is 12.2 Å². The summed E-state index contributed by atoms with van der Waals surface area (Å²) in [5.74, 6) is 0. The van der Waals surface area contributed by atoms with Crippen molar-refractivity contribution in [3.05, 3.63) is 0 Å². The largest absolute Gasteiger partial charge is 0.396 e. The number of aliphatic hydroxyl groups excluding tert-OH is 4. The van der Waals surface area contributed by atoms with Gasteiger partial charge in [-0.15, -0.1) is 0 Å². The molecular weight excluding hydrogens is 316 g/mol. The van der Waals surface area contributed by atoms with Gasteiger partial charge in [-0.1, -0.05) is 0 Å². The highest BCUT2D eigenvalue weighted by molar-refractivity contribution is 7.81. The van der Waals surface area contributed by atoms with Crippen molar-refractivity contribution in [2.45, 2.75) is 66.5 Å². The summed E-state index contributed by atoms with van der Waals surface area (Å²) in [5.41, 5.74) is 0. The Morgan fingerprint density at radius 1 is 0.600 bits per heavy atom. The second-order valence-electron chi connectivity index (χ2n) is 5.24. The van der Waals surface area contributed by atoms with Gasteiger partial charge in [0.25, 0.3) is 0 Å². The molecule has 0 bridgehead atoms. The van der Waals surface area contributed by atoms with Crippen molar-refractivity contribution in [1.29, 1.82) is 0 Å². The third kappa shape index (κ3) is 11.5. The molecule has 0 aliphatic carbocycles. The van der Waals surface area contributed by atoms with Crippen molar-refractivity contribution in [2.75, 3.05) is 13.2 Å². The molecule has 4 atom stereocenters. The highest BCUT2D eigenvalue weighted by atomic mass is 32.1. The second-order valence-corrected chi connectivity index (χ2v) is 7.43. The van der Waals surface area contributed by atoms with Gasteiger partial charge in [0, 0.05) is 29.0 Å². The first kappa shape index (κ1) is 20.9. The average molecular weight is 345 g/mol. The Bertz CT molecular complexity index is 212. The molecule has 0 rings (SSSR count). The zero-order valence-corrected chi connectivity index (χ0v) is 14.4. The van der Waals surface area contributed by atoms with Crippen LogP contribution in [0.5, 0.6) is 0 Å². The lowest BCUT2D eigenvalue weighted by Gasteiger charge is -2.21. The van der Waals surface area contributed by atoms with Gasteiger partial charge in [0.1, 0.15) is 0 Å².